The molecule has 0 bridgehead atoms. The van der Waals surface area contributed by atoms with Crippen molar-refractivity contribution < 1.29 is 0 Å². The maximum absolute atomic E-state index is 3.97. The Kier molecular flexibility index (Phi) is 7.63. The number of para-hydroxylation sites is 2. The van der Waals surface area contributed by atoms with Crippen molar-refractivity contribution in [2.75, 3.05) is 10.6 Å². The monoisotopic (exact) mass is 760 g/mol. The smallest absolute Gasteiger partial charge is 0.0742 e. The number of nitrogens with one attached hydrogen (secondary N) is 2. The second kappa shape index (κ2) is 12.7. The summed E-state index contributed by atoms with van der Waals surface area (Å²) in [6.07, 6.45) is 0. The number of rotatable bonds is 4. The van der Waals surface area contributed by atoms with Crippen LogP contribution < -0.4 is 10.6 Å². The van der Waals surface area contributed by atoms with Gasteiger partial charge in [0.05, 0.1) is 10.8 Å². The maximum atomic E-state index is 3.97. The fraction of sp³-hybridized carbons (Fsp3) is 0.158. The van der Waals surface area contributed by atoms with Gasteiger partial charge >= 0.3 is 0 Å². The maximum Gasteiger partial charge on any atom is 0.0742 e. The molecule has 0 atom stereocenters. The first-order chi connectivity index (χ1) is 28.6. The molecule has 2 nitrogen and oxygen atoms in total. The van der Waals surface area contributed by atoms with Crippen LogP contribution in [0.2, 0.25) is 0 Å². The summed E-state index contributed by atoms with van der Waals surface area (Å²) in [5.41, 5.74) is 23.7. The van der Waals surface area contributed by atoms with Gasteiger partial charge in [0.2, 0.25) is 0 Å². The van der Waals surface area contributed by atoms with Gasteiger partial charge in [-0.2, -0.15) is 0 Å². The van der Waals surface area contributed by atoms with Crippen molar-refractivity contribution in [2.45, 2.75) is 57.8 Å². The Morgan fingerprint density at radius 2 is 0.610 bits per heavy atom. The lowest BCUT2D eigenvalue weighted by molar-refractivity contribution is 0.657. The average Bonchev–Trinajstić information content (AvgIpc) is 3.46. The largest absolute Gasteiger partial charge is 0.355 e. The van der Waals surface area contributed by atoms with Crippen molar-refractivity contribution in [1.29, 1.82) is 0 Å². The van der Waals surface area contributed by atoms with E-state index in [-0.39, 0.29) is 5.41 Å². The molecular weight excluding hydrogens is 713 g/mol. The van der Waals surface area contributed by atoms with Gasteiger partial charge in [0.1, 0.15) is 0 Å². The molecule has 0 spiro atoms. The Balaban J connectivity index is 1.24. The minimum Gasteiger partial charge on any atom is -0.355 e. The van der Waals surface area contributed by atoms with Crippen molar-refractivity contribution in [3.8, 4) is 11.1 Å². The number of aryl methyl sites for hydroxylation is 4. The Hall–Kier alpha value is -6.64. The third-order valence-electron chi connectivity index (χ3n) is 13.9. The van der Waals surface area contributed by atoms with Gasteiger partial charge in [0, 0.05) is 28.2 Å². The lowest BCUT2D eigenvalue weighted by atomic mass is 9.62. The summed E-state index contributed by atoms with van der Waals surface area (Å²) in [4.78, 5) is 0. The number of fused-ring (bicyclic) bond motifs is 7. The normalized spacial score (nSPS) is 15.6. The van der Waals surface area contributed by atoms with Gasteiger partial charge < -0.3 is 10.6 Å². The first kappa shape index (κ1) is 35.5. The molecule has 0 saturated carbocycles. The molecule has 8 aromatic carbocycles. The summed E-state index contributed by atoms with van der Waals surface area (Å²) >= 11 is 0. The molecule has 8 aromatic rings. The Morgan fingerprint density at radius 1 is 0.305 bits per heavy atom. The summed E-state index contributed by atoms with van der Waals surface area (Å²) in [6.45, 7) is 13.5. The second-order valence-electron chi connectivity index (χ2n) is 17.8. The molecule has 3 aliphatic rings. The van der Waals surface area contributed by atoms with Crippen LogP contribution in [0.5, 0.6) is 0 Å². The highest BCUT2D eigenvalue weighted by atomic mass is 14.9. The van der Waals surface area contributed by atoms with Gasteiger partial charge in [-0.25, -0.2) is 0 Å². The zero-order valence-electron chi connectivity index (χ0n) is 34.7. The van der Waals surface area contributed by atoms with Crippen LogP contribution in [0.25, 0.3) is 11.1 Å². The highest BCUT2D eigenvalue weighted by Gasteiger charge is 2.49. The minimum absolute atomic E-state index is 0.251. The lowest BCUT2D eigenvalue weighted by Crippen LogP contribution is -2.35. The number of anilines is 4. The first-order valence-corrected chi connectivity index (χ1v) is 21.0. The highest BCUT2D eigenvalue weighted by Crippen LogP contribution is 2.61. The van der Waals surface area contributed by atoms with Gasteiger partial charge in [-0.05, 0) is 131 Å². The van der Waals surface area contributed by atoms with E-state index in [9.17, 15) is 0 Å². The van der Waals surface area contributed by atoms with Crippen molar-refractivity contribution in [1.82, 2.24) is 0 Å². The molecule has 286 valence electrons. The SMILES string of the molecule is Cc1ccc(C2(c3ccc(C)cc3)c3ccccc3Nc3cc4c(cc32)-c2cc3c(cc2C4(C)C)Nc2ccccc2C3(c2ccc(C)cc2)c2ccc(C)cc2)cc1. The molecule has 1 aliphatic carbocycles. The van der Waals surface area contributed by atoms with Gasteiger partial charge in [-0.3, -0.25) is 0 Å². The van der Waals surface area contributed by atoms with Crippen molar-refractivity contribution in [3.63, 3.8) is 0 Å². The quantitative estimate of drug-likeness (QED) is 0.187. The van der Waals surface area contributed by atoms with E-state index in [4.69, 9.17) is 0 Å². The van der Waals surface area contributed by atoms with Crippen molar-refractivity contribution in [2.24, 2.45) is 0 Å². The van der Waals surface area contributed by atoms with Crippen LogP contribution in [0.3, 0.4) is 0 Å². The molecular formula is C57H48N2. The molecule has 11 rings (SSSR count). The summed E-state index contributed by atoms with van der Waals surface area (Å²) in [6, 6.07) is 64.9. The van der Waals surface area contributed by atoms with Crippen LogP contribution in [0.15, 0.2) is 170 Å². The van der Waals surface area contributed by atoms with Crippen LogP contribution in [-0.4, -0.2) is 0 Å². The molecule has 2 N–H and O–H groups in total. The van der Waals surface area contributed by atoms with E-state index in [1.165, 1.54) is 89.0 Å². The zero-order valence-corrected chi connectivity index (χ0v) is 34.7. The van der Waals surface area contributed by atoms with E-state index in [0.29, 0.717) is 0 Å². The third-order valence-corrected chi connectivity index (χ3v) is 13.9. The standard InChI is InChI=1S/C57H48N2/c1-35-15-23-39(24-16-35)56(40-25-17-36(2)18-26-40)45-11-7-9-13-51(45)58-53-33-47-43(31-49(53)56)44-32-50-54(34-48(44)55(47,5)6)59-52-14-10-8-12-46(52)57(50,41-27-19-37(3)20-28-41)42-29-21-38(4)22-30-42/h7-34,58-59H,1-6H3. The van der Waals surface area contributed by atoms with E-state index in [1.807, 2.05) is 0 Å². The van der Waals surface area contributed by atoms with E-state index in [0.717, 1.165) is 22.7 Å². The van der Waals surface area contributed by atoms with Crippen molar-refractivity contribution in [3.05, 3.63) is 248 Å². The second-order valence-corrected chi connectivity index (χ2v) is 17.8. The van der Waals surface area contributed by atoms with Gasteiger partial charge in [0.15, 0.2) is 0 Å². The van der Waals surface area contributed by atoms with E-state index in [1.54, 1.807) is 0 Å². The van der Waals surface area contributed by atoms with Gasteiger partial charge in [-0.1, -0.05) is 170 Å². The van der Waals surface area contributed by atoms with E-state index >= 15 is 0 Å². The summed E-state index contributed by atoms with van der Waals surface area (Å²) in [5.74, 6) is 0. The lowest BCUT2D eigenvalue weighted by Gasteiger charge is -2.43. The van der Waals surface area contributed by atoms with E-state index < -0.39 is 10.8 Å². The van der Waals surface area contributed by atoms with Crippen LogP contribution in [0.1, 0.15) is 91.7 Å². The van der Waals surface area contributed by atoms with Gasteiger partial charge in [-0.15, -0.1) is 0 Å². The van der Waals surface area contributed by atoms with Crippen LogP contribution in [0.4, 0.5) is 22.7 Å². The number of benzene rings is 8. The molecule has 0 unspecified atom stereocenters. The fourth-order valence-electron chi connectivity index (χ4n) is 10.9. The predicted octanol–water partition coefficient (Wildman–Crippen LogP) is 14.1. The molecule has 59 heavy (non-hydrogen) atoms. The van der Waals surface area contributed by atoms with Crippen LogP contribution in [-0.2, 0) is 16.2 Å². The van der Waals surface area contributed by atoms with Crippen molar-refractivity contribution >= 4 is 22.7 Å². The van der Waals surface area contributed by atoms with E-state index in [2.05, 4.69) is 222 Å². The van der Waals surface area contributed by atoms with Gasteiger partial charge in [0.25, 0.3) is 0 Å². The molecule has 0 saturated heterocycles. The summed E-state index contributed by atoms with van der Waals surface area (Å²) in [7, 11) is 0. The zero-order chi connectivity index (χ0) is 40.3. The first-order valence-electron chi connectivity index (χ1n) is 21.0. The average molecular weight is 761 g/mol. The number of hydrogen-bond acceptors (Lipinski definition) is 2. The Morgan fingerprint density at radius 3 is 0.932 bits per heavy atom. The summed E-state index contributed by atoms with van der Waals surface area (Å²) < 4.78 is 0. The molecule has 2 aliphatic heterocycles. The Bertz CT molecular complexity index is 2670. The molecule has 2 heteroatoms. The molecule has 0 radical (unpaired) electrons. The molecule has 0 amide bonds. The topological polar surface area (TPSA) is 24.1 Å². The summed E-state index contributed by atoms with van der Waals surface area (Å²) in [5, 5.41) is 7.94. The number of hydrogen-bond donors (Lipinski definition) is 2. The molecule has 0 aromatic heterocycles. The highest BCUT2D eigenvalue weighted by molar-refractivity contribution is 5.93. The molecule has 0 fully saturated rings. The predicted molar refractivity (Wildman–Crippen MR) is 246 cm³/mol. The minimum atomic E-state index is -0.553. The van der Waals surface area contributed by atoms with Crippen LogP contribution in [0, 0.1) is 27.7 Å². The molecule has 2 heterocycles. The van der Waals surface area contributed by atoms with Crippen LogP contribution >= 0.6 is 0 Å². The fourth-order valence-corrected chi connectivity index (χ4v) is 10.9. The third kappa shape index (κ3) is 4.93. The Labute approximate surface area is 348 Å².